The molecular weight excluding hydrogens is 154 g/mol. The lowest BCUT2D eigenvalue weighted by atomic mass is 10.2. The average molecular weight is 165 g/mol. The van der Waals surface area contributed by atoms with Gasteiger partial charge in [0.15, 0.2) is 0 Å². The lowest BCUT2D eigenvalue weighted by Gasteiger charge is -1.92. The number of rotatable bonds is 2. The van der Waals surface area contributed by atoms with E-state index in [1.807, 2.05) is 6.08 Å². The molecule has 0 fully saturated rings. The van der Waals surface area contributed by atoms with E-state index < -0.39 is 5.97 Å². The van der Waals surface area contributed by atoms with Crippen molar-refractivity contribution in [3.05, 3.63) is 35.5 Å². The summed E-state index contributed by atoms with van der Waals surface area (Å²) >= 11 is 0. The molecule has 1 rings (SSSR count). The highest BCUT2D eigenvalue weighted by atomic mass is 16.4. The highest BCUT2D eigenvalue weighted by Gasteiger charge is 2.03. The highest BCUT2D eigenvalue weighted by Crippen LogP contribution is 2.09. The van der Waals surface area contributed by atoms with Crippen molar-refractivity contribution >= 4 is 5.97 Å². The van der Waals surface area contributed by atoms with Gasteiger partial charge >= 0.3 is 5.97 Å². The van der Waals surface area contributed by atoms with Crippen LogP contribution in [0.4, 0.5) is 0 Å². The summed E-state index contributed by atoms with van der Waals surface area (Å²) in [6.07, 6.45) is 7.55. The van der Waals surface area contributed by atoms with Crippen molar-refractivity contribution in [2.45, 2.75) is 6.42 Å². The molecule has 3 nitrogen and oxygen atoms in total. The van der Waals surface area contributed by atoms with Crippen LogP contribution < -0.4 is 5.73 Å². The van der Waals surface area contributed by atoms with E-state index in [0.717, 1.165) is 5.57 Å². The van der Waals surface area contributed by atoms with Crippen LogP contribution in [0.5, 0.6) is 0 Å². The molecule has 0 unspecified atom stereocenters. The molecular formula is C9H11NO2. The first-order valence-electron chi connectivity index (χ1n) is 3.74. The lowest BCUT2D eigenvalue weighted by molar-refractivity contribution is -0.132. The fourth-order valence-corrected chi connectivity index (χ4v) is 0.980. The molecule has 0 radical (unpaired) electrons. The third-order valence-corrected chi connectivity index (χ3v) is 1.68. The molecule has 0 aromatic heterocycles. The summed E-state index contributed by atoms with van der Waals surface area (Å²) in [6, 6.07) is 0. The maximum absolute atomic E-state index is 10.5. The molecule has 0 saturated heterocycles. The van der Waals surface area contributed by atoms with Crippen LogP contribution in [0.3, 0.4) is 0 Å². The Bertz CT molecular complexity index is 274. The van der Waals surface area contributed by atoms with E-state index in [1.54, 1.807) is 18.2 Å². The Balaban J connectivity index is 2.77. The number of carbonyl (C=O) groups is 1. The van der Waals surface area contributed by atoms with Gasteiger partial charge in [-0.25, -0.2) is 4.79 Å². The Morgan fingerprint density at radius 2 is 2.25 bits per heavy atom. The number of aliphatic carboxylic acids is 1. The van der Waals surface area contributed by atoms with Crippen LogP contribution in [0.2, 0.25) is 0 Å². The molecule has 0 aromatic carbocycles. The predicted octanol–water partition coefficient (Wildman–Crippen LogP) is 0.842. The van der Waals surface area contributed by atoms with Gasteiger partial charge in [-0.2, -0.15) is 0 Å². The minimum absolute atomic E-state index is 0.328. The van der Waals surface area contributed by atoms with Crippen LogP contribution in [0.1, 0.15) is 6.42 Å². The van der Waals surface area contributed by atoms with Crippen LogP contribution in [0.15, 0.2) is 35.5 Å². The Hall–Kier alpha value is -1.35. The monoisotopic (exact) mass is 165 g/mol. The molecule has 0 spiro atoms. The summed E-state index contributed by atoms with van der Waals surface area (Å²) in [6.45, 7) is 0.456. The zero-order valence-corrected chi connectivity index (χ0v) is 6.66. The standard InChI is InChI=1S/C9H11NO2/c10-6-7-2-1-3-8(5-4-7)9(11)12/h2-5H,1,6,10H2,(H,11,12). The molecule has 1 aliphatic carbocycles. The van der Waals surface area contributed by atoms with Crippen LogP contribution in [0, 0.1) is 0 Å². The lowest BCUT2D eigenvalue weighted by Crippen LogP contribution is -2.00. The van der Waals surface area contributed by atoms with Crippen molar-refractivity contribution in [1.29, 1.82) is 0 Å². The number of hydrogen-bond acceptors (Lipinski definition) is 2. The second kappa shape index (κ2) is 3.88. The molecule has 0 aliphatic heterocycles. The molecule has 0 bridgehead atoms. The van der Waals surface area contributed by atoms with E-state index in [2.05, 4.69) is 0 Å². The molecule has 64 valence electrons. The van der Waals surface area contributed by atoms with Crippen LogP contribution in [-0.2, 0) is 4.79 Å². The van der Waals surface area contributed by atoms with Crippen LogP contribution >= 0.6 is 0 Å². The summed E-state index contributed by atoms with van der Waals surface area (Å²) < 4.78 is 0. The molecule has 1 aliphatic rings. The Morgan fingerprint density at radius 1 is 1.50 bits per heavy atom. The van der Waals surface area contributed by atoms with Crippen LogP contribution in [0.25, 0.3) is 0 Å². The van der Waals surface area contributed by atoms with Gasteiger partial charge in [0.25, 0.3) is 0 Å². The zero-order valence-electron chi connectivity index (χ0n) is 6.66. The van der Waals surface area contributed by atoms with Gasteiger partial charge < -0.3 is 10.8 Å². The third kappa shape index (κ3) is 2.07. The first-order valence-corrected chi connectivity index (χ1v) is 3.74. The van der Waals surface area contributed by atoms with Gasteiger partial charge in [-0.3, -0.25) is 0 Å². The van der Waals surface area contributed by atoms with E-state index in [-0.39, 0.29) is 0 Å². The van der Waals surface area contributed by atoms with Gasteiger partial charge in [-0.15, -0.1) is 0 Å². The van der Waals surface area contributed by atoms with E-state index in [1.165, 1.54) is 0 Å². The number of allylic oxidation sites excluding steroid dienone is 2. The minimum Gasteiger partial charge on any atom is -0.478 e. The first-order chi connectivity index (χ1) is 5.74. The summed E-state index contributed by atoms with van der Waals surface area (Å²) in [5.74, 6) is -0.891. The fourth-order valence-electron chi connectivity index (χ4n) is 0.980. The maximum atomic E-state index is 10.5. The molecule has 3 heteroatoms. The SMILES string of the molecule is NCC1=CCC=C(C(=O)O)C=C1. The number of carboxylic acids is 1. The normalized spacial score (nSPS) is 16.4. The van der Waals surface area contributed by atoms with Crippen molar-refractivity contribution in [2.24, 2.45) is 5.73 Å². The summed E-state index contributed by atoms with van der Waals surface area (Å²) in [5, 5.41) is 8.65. The van der Waals surface area contributed by atoms with Gasteiger partial charge in [0.05, 0.1) is 5.57 Å². The van der Waals surface area contributed by atoms with Crippen molar-refractivity contribution in [2.75, 3.05) is 6.54 Å². The molecule has 0 aromatic rings. The van der Waals surface area contributed by atoms with Crippen molar-refractivity contribution in [3.8, 4) is 0 Å². The van der Waals surface area contributed by atoms with Crippen molar-refractivity contribution in [3.63, 3.8) is 0 Å². The van der Waals surface area contributed by atoms with Crippen molar-refractivity contribution in [1.82, 2.24) is 0 Å². The third-order valence-electron chi connectivity index (χ3n) is 1.68. The second-order valence-corrected chi connectivity index (χ2v) is 2.52. The fraction of sp³-hybridized carbons (Fsp3) is 0.222. The molecule has 3 N–H and O–H groups in total. The smallest absolute Gasteiger partial charge is 0.335 e. The molecule has 0 amide bonds. The van der Waals surface area contributed by atoms with Crippen LogP contribution in [-0.4, -0.2) is 17.6 Å². The number of nitrogens with two attached hydrogens (primary N) is 1. The van der Waals surface area contributed by atoms with Crippen molar-refractivity contribution < 1.29 is 9.90 Å². The summed E-state index contributed by atoms with van der Waals surface area (Å²) in [7, 11) is 0. The van der Waals surface area contributed by atoms with E-state index in [9.17, 15) is 4.79 Å². The first kappa shape index (κ1) is 8.74. The molecule has 0 saturated carbocycles. The topological polar surface area (TPSA) is 63.3 Å². The Labute approximate surface area is 70.9 Å². The van der Waals surface area contributed by atoms with Gasteiger partial charge in [0.2, 0.25) is 0 Å². The molecule has 0 heterocycles. The average Bonchev–Trinajstić information content (AvgIpc) is 2.28. The molecule has 12 heavy (non-hydrogen) atoms. The quantitative estimate of drug-likeness (QED) is 0.637. The zero-order chi connectivity index (χ0) is 8.97. The van der Waals surface area contributed by atoms with E-state index in [4.69, 9.17) is 10.8 Å². The summed E-state index contributed by atoms with van der Waals surface area (Å²) in [5.41, 5.74) is 6.71. The highest BCUT2D eigenvalue weighted by molar-refractivity contribution is 5.90. The summed E-state index contributed by atoms with van der Waals surface area (Å²) in [4.78, 5) is 10.5. The van der Waals surface area contributed by atoms with Gasteiger partial charge in [0, 0.05) is 6.54 Å². The molecule has 0 atom stereocenters. The second-order valence-electron chi connectivity index (χ2n) is 2.52. The predicted molar refractivity (Wildman–Crippen MR) is 46.6 cm³/mol. The van der Waals surface area contributed by atoms with E-state index in [0.29, 0.717) is 18.5 Å². The van der Waals surface area contributed by atoms with Gasteiger partial charge in [-0.1, -0.05) is 18.2 Å². The van der Waals surface area contributed by atoms with Gasteiger partial charge in [-0.05, 0) is 18.1 Å². The Kier molecular flexibility index (Phi) is 2.82. The minimum atomic E-state index is -0.891. The van der Waals surface area contributed by atoms with Gasteiger partial charge in [0.1, 0.15) is 0 Å². The number of carboxylic acid groups (broad SMARTS) is 1. The largest absolute Gasteiger partial charge is 0.478 e. The maximum Gasteiger partial charge on any atom is 0.335 e. The van der Waals surface area contributed by atoms with E-state index >= 15 is 0 Å². The number of hydrogen-bond donors (Lipinski definition) is 2. The Morgan fingerprint density at radius 3 is 2.83 bits per heavy atom.